The second-order valence-corrected chi connectivity index (χ2v) is 8.76. The molecule has 5 nitrogen and oxygen atoms in total. The lowest BCUT2D eigenvalue weighted by Crippen LogP contribution is -2.22. The molecule has 0 aliphatic carbocycles. The first-order chi connectivity index (χ1) is 14.3. The zero-order chi connectivity index (χ0) is 22.3. The molecule has 0 spiro atoms. The first kappa shape index (κ1) is 24.2. The molecule has 0 saturated carbocycles. The van der Waals surface area contributed by atoms with Crippen molar-refractivity contribution in [3.8, 4) is 5.75 Å². The molecule has 1 unspecified atom stereocenters. The maximum atomic E-state index is 13.8. The summed E-state index contributed by atoms with van der Waals surface area (Å²) in [6.45, 7) is 6.61. The standard InChI is InChI=1S/C22H25BrFNO4S/c1-4-25(5-2)12-6-7-15-13-17(24)9-11-19(15)30(28)14-16-8-10-18(23)21(26)20(16)22(27)29-3/h6-11,13,26H,4-5,12,14H2,1-3H3/b7-6-. The summed E-state index contributed by atoms with van der Waals surface area (Å²) in [4.78, 5) is 14.8. The molecular weight excluding hydrogens is 473 g/mol. The van der Waals surface area contributed by atoms with Crippen molar-refractivity contribution >= 4 is 38.8 Å². The van der Waals surface area contributed by atoms with Gasteiger partial charge in [0, 0.05) is 11.4 Å². The van der Waals surface area contributed by atoms with Gasteiger partial charge in [-0.25, -0.2) is 9.18 Å². The number of phenolic OH excluding ortho intramolecular Hbond substituents is 1. The van der Waals surface area contributed by atoms with Crippen molar-refractivity contribution < 1.29 is 23.2 Å². The third-order valence-electron chi connectivity index (χ3n) is 4.66. The molecule has 0 aliphatic heterocycles. The normalized spacial score (nSPS) is 12.5. The maximum absolute atomic E-state index is 13.8. The molecule has 30 heavy (non-hydrogen) atoms. The topological polar surface area (TPSA) is 66.8 Å². The van der Waals surface area contributed by atoms with E-state index in [0.717, 1.165) is 13.1 Å². The van der Waals surface area contributed by atoms with E-state index in [9.17, 15) is 18.5 Å². The number of hydrogen-bond donors (Lipinski definition) is 1. The number of likely N-dealkylation sites (N-methyl/N-ethyl adjacent to an activating group) is 1. The first-order valence-corrected chi connectivity index (χ1v) is 11.6. The highest BCUT2D eigenvalue weighted by Crippen LogP contribution is 2.32. The van der Waals surface area contributed by atoms with Crippen LogP contribution in [0.25, 0.3) is 6.08 Å². The van der Waals surface area contributed by atoms with E-state index >= 15 is 0 Å². The number of ether oxygens (including phenoxy) is 1. The number of phenols is 1. The number of nitrogens with zero attached hydrogens (tertiary/aromatic N) is 1. The van der Waals surface area contributed by atoms with Crippen LogP contribution in [-0.4, -0.2) is 46.9 Å². The molecular formula is C22H25BrFNO4S. The molecule has 0 fully saturated rings. The number of methoxy groups -OCH3 is 1. The quantitative estimate of drug-likeness (QED) is 0.506. The summed E-state index contributed by atoms with van der Waals surface area (Å²) in [6, 6.07) is 7.26. The van der Waals surface area contributed by atoms with Gasteiger partial charge in [0.1, 0.15) is 17.1 Å². The van der Waals surface area contributed by atoms with E-state index < -0.39 is 22.6 Å². The monoisotopic (exact) mass is 497 g/mol. The van der Waals surface area contributed by atoms with Crippen molar-refractivity contribution in [3.63, 3.8) is 0 Å². The molecule has 0 aliphatic rings. The van der Waals surface area contributed by atoms with Gasteiger partial charge in [0.15, 0.2) is 0 Å². The molecule has 0 saturated heterocycles. The predicted octanol–water partition coefficient (Wildman–Crippen LogP) is 4.74. The lowest BCUT2D eigenvalue weighted by atomic mass is 10.1. The molecule has 2 rings (SSSR count). The zero-order valence-electron chi connectivity index (χ0n) is 17.2. The molecule has 0 heterocycles. The van der Waals surface area contributed by atoms with Crippen LogP contribution in [0, 0.1) is 5.82 Å². The molecule has 0 radical (unpaired) electrons. The SMILES string of the molecule is CCN(CC)C/C=C\c1cc(F)ccc1S(=O)Cc1ccc(Br)c(O)c1C(=O)OC. The van der Waals surface area contributed by atoms with Gasteiger partial charge in [0.05, 0.1) is 28.1 Å². The molecule has 0 aromatic heterocycles. The summed E-state index contributed by atoms with van der Waals surface area (Å²) in [6.07, 6.45) is 3.67. The highest BCUT2D eigenvalue weighted by atomic mass is 79.9. The van der Waals surface area contributed by atoms with Crippen LogP contribution in [-0.2, 0) is 21.3 Å². The van der Waals surface area contributed by atoms with E-state index in [-0.39, 0.29) is 17.1 Å². The average Bonchev–Trinajstić information content (AvgIpc) is 2.73. The Balaban J connectivity index is 2.36. The number of hydrogen-bond acceptors (Lipinski definition) is 5. The minimum Gasteiger partial charge on any atom is -0.506 e. The maximum Gasteiger partial charge on any atom is 0.341 e. The number of carbonyl (C=O) groups is 1. The zero-order valence-corrected chi connectivity index (χ0v) is 19.6. The van der Waals surface area contributed by atoms with Crippen LogP contribution in [0.15, 0.2) is 45.8 Å². The van der Waals surface area contributed by atoms with Crippen molar-refractivity contribution in [1.29, 1.82) is 0 Å². The van der Waals surface area contributed by atoms with Crippen LogP contribution in [0.4, 0.5) is 4.39 Å². The lowest BCUT2D eigenvalue weighted by molar-refractivity contribution is 0.0596. The average molecular weight is 498 g/mol. The number of esters is 1. The summed E-state index contributed by atoms with van der Waals surface area (Å²) in [5, 5.41) is 10.3. The van der Waals surface area contributed by atoms with E-state index in [1.807, 2.05) is 6.08 Å². The number of halogens is 2. The molecule has 1 atom stereocenters. The third-order valence-corrected chi connectivity index (χ3v) is 6.74. The van der Waals surface area contributed by atoms with E-state index in [4.69, 9.17) is 4.74 Å². The second kappa shape index (κ2) is 11.4. The Bertz CT molecular complexity index is 960. The van der Waals surface area contributed by atoms with E-state index in [0.29, 0.717) is 27.0 Å². The van der Waals surface area contributed by atoms with Crippen molar-refractivity contribution in [2.24, 2.45) is 0 Å². The largest absolute Gasteiger partial charge is 0.506 e. The summed E-state index contributed by atoms with van der Waals surface area (Å²) >= 11 is 3.17. The Morgan fingerprint density at radius 3 is 2.60 bits per heavy atom. The fourth-order valence-electron chi connectivity index (χ4n) is 2.94. The van der Waals surface area contributed by atoms with Gasteiger partial charge in [-0.1, -0.05) is 32.1 Å². The Kier molecular flexibility index (Phi) is 9.20. The van der Waals surface area contributed by atoms with Gasteiger partial charge in [-0.15, -0.1) is 0 Å². The van der Waals surface area contributed by atoms with Crippen LogP contribution < -0.4 is 0 Å². The molecule has 2 aromatic carbocycles. The number of benzene rings is 2. The van der Waals surface area contributed by atoms with Crippen molar-refractivity contribution in [3.05, 3.63) is 63.4 Å². The minimum absolute atomic E-state index is 0.0339. The predicted molar refractivity (Wildman–Crippen MR) is 120 cm³/mol. The van der Waals surface area contributed by atoms with Gasteiger partial charge in [-0.3, -0.25) is 4.21 Å². The molecule has 0 bridgehead atoms. The van der Waals surface area contributed by atoms with Crippen LogP contribution in [0.5, 0.6) is 5.75 Å². The smallest absolute Gasteiger partial charge is 0.341 e. The lowest BCUT2D eigenvalue weighted by Gasteiger charge is -2.15. The van der Waals surface area contributed by atoms with Gasteiger partial charge >= 0.3 is 5.97 Å². The molecule has 8 heteroatoms. The van der Waals surface area contributed by atoms with E-state index in [1.165, 1.54) is 25.3 Å². The summed E-state index contributed by atoms with van der Waals surface area (Å²) < 4.78 is 32.0. The van der Waals surface area contributed by atoms with Gasteiger partial charge in [-0.2, -0.15) is 0 Å². The van der Waals surface area contributed by atoms with Gasteiger partial charge in [0.2, 0.25) is 0 Å². The number of rotatable bonds is 9. The number of aromatic hydroxyl groups is 1. The first-order valence-electron chi connectivity index (χ1n) is 9.47. The van der Waals surface area contributed by atoms with Crippen molar-refractivity contribution in [1.82, 2.24) is 4.90 Å². The number of carbonyl (C=O) groups excluding carboxylic acids is 1. The Morgan fingerprint density at radius 2 is 1.97 bits per heavy atom. The summed E-state index contributed by atoms with van der Waals surface area (Å²) in [7, 11) is -0.371. The van der Waals surface area contributed by atoms with E-state index in [2.05, 4.69) is 34.7 Å². The fraction of sp³-hybridized carbons (Fsp3) is 0.318. The molecule has 1 N–H and O–H groups in total. The molecule has 2 aromatic rings. The molecule has 0 amide bonds. The van der Waals surface area contributed by atoms with Crippen LogP contribution >= 0.6 is 15.9 Å². The van der Waals surface area contributed by atoms with Crippen molar-refractivity contribution in [2.45, 2.75) is 24.5 Å². The fourth-order valence-corrected chi connectivity index (χ4v) is 4.56. The van der Waals surface area contributed by atoms with Crippen LogP contribution in [0.1, 0.15) is 35.3 Å². The Labute approximate surface area is 187 Å². The van der Waals surface area contributed by atoms with Gasteiger partial charge < -0.3 is 14.7 Å². The summed E-state index contributed by atoms with van der Waals surface area (Å²) in [5.41, 5.74) is 0.852. The minimum atomic E-state index is -1.58. The molecule has 162 valence electrons. The van der Waals surface area contributed by atoms with Gasteiger partial charge in [-0.05, 0) is 64.4 Å². The van der Waals surface area contributed by atoms with Gasteiger partial charge in [0.25, 0.3) is 0 Å². The summed E-state index contributed by atoms with van der Waals surface area (Å²) in [5.74, 6) is -1.45. The van der Waals surface area contributed by atoms with Crippen LogP contribution in [0.3, 0.4) is 0 Å². The Morgan fingerprint density at radius 1 is 1.27 bits per heavy atom. The third kappa shape index (κ3) is 6.00. The van der Waals surface area contributed by atoms with Crippen molar-refractivity contribution in [2.75, 3.05) is 26.7 Å². The highest BCUT2D eigenvalue weighted by molar-refractivity contribution is 9.10. The second-order valence-electron chi connectivity index (χ2n) is 6.48. The van der Waals surface area contributed by atoms with Crippen LogP contribution in [0.2, 0.25) is 0 Å². The highest BCUT2D eigenvalue weighted by Gasteiger charge is 2.22. The van der Waals surface area contributed by atoms with E-state index in [1.54, 1.807) is 18.2 Å². The Hall–Kier alpha value is -2.03.